The van der Waals surface area contributed by atoms with Gasteiger partial charge in [-0.25, -0.2) is 4.79 Å². The Morgan fingerprint density at radius 2 is 1.70 bits per heavy atom. The molecule has 0 radical (unpaired) electrons. The molecule has 0 bridgehead atoms. The maximum Gasteiger partial charge on any atom is 0.339 e. The minimum atomic E-state index is -0.221. The van der Waals surface area contributed by atoms with Crippen LogP contribution in [0.5, 0.6) is 5.75 Å². The van der Waals surface area contributed by atoms with E-state index in [0.29, 0.717) is 5.58 Å². The number of aryl methyl sites for hydroxylation is 2. The van der Waals surface area contributed by atoms with E-state index in [1.165, 1.54) is 12.8 Å². The van der Waals surface area contributed by atoms with Crippen LogP contribution in [0.2, 0.25) is 0 Å². The summed E-state index contributed by atoms with van der Waals surface area (Å²) < 4.78 is 17.0. The molecule has 0 aliphatic carbocycles. The molecule has 0 saturated heterocycles. The van der Waals surface area contributed by atoms with Crippen molar-refractivity contribution in [2.75, 3.05) is 7.11 Å². The van der Waals surface area contributed by atoms with Crippen LogP contribution in [-0.4, -0.2) is 7.11 Å². The zero-order valence-electron chi connectivity index (χ0n) is 18.1. The Hall–Kier alpha value is -3.01. The second-order valence-electron chi connectivity index (χ2n) is 7.94. The number of rotatable bonds is 7. The number of ether oxygens (including phenoxy) is 1. The second-order valence-corrected chi connectivity index (χ2v) is 7.94. The number of furan rings is 1. The monoisotopic (exact) mass is 404 g/mol. The molecule has 0 saturated carbocycles. The summed E-state index contributed by atoms with van der Waals surface area (Å²) in [5.74, 6) is 0.818. The molecule has 156 valence electrons. The molecule has 0 unspecified atom stereocenters. The summed E-state index contributed by atoms with van der Waals surface area (Å²) >= 11 is 0. The molecule has 2 aromatic heterocycles. The molecular weight excluding hydrogens is 376 g/mol. The molecule has 0 amide bonds. The minimum absolute atomic E-state index is 0.221. The highest BCUT2D eigenvalue weighted by Gasteiger charge is 2.18. The summed E-state index contributed by atoms with van der Waals surface area (Å²) in [5.41, 5.74) is 5.91. The first kappa shape index (κ1) is 20.3. The van der Waals surface area contributed by atoms with Crippen LogP contribution >= 0.6 is 0 Å². The molecule has 0 N–H and O–H groups in total. The van der Waals surface area contributed by atoms with Gasteiger partial charge in [-0.15, -0.1) is 0 Å². The Balaban J connectivity index is 1.85. The van der Waals surface area contributed by atoms with Crippen LogP contribution in [0.15, 0.2) is 50.2 Å². The largest absolute Gasteiger partial charge is 0.497 e. The van der Waals surface area contributed by atoms with Gasteiger partial charge in [0.15, 0.2) is 0 Å². The van der Waals surface area contributed by atoms with E-state index in [-0.39, 0.29) is 5.63 Å². The van der Waals surface area contributed by atoms with Gasteiger partial charge in [-0.2, -0.15) is 0 Å². The van der Waals surface area contributed by atoms with Gasteiger partial charge in [0.1, 0.15) is 16.9 Å². The van der Waals surface area contributed by atoms with Crippen LogP contribution in [0.25, 0.3) is 33.1 Å². The SMILES string of the molecule is CCCCCCc1c(C)c2cc3c(-c4ccc(OC)cc4)coc3c(C)c2oc1=O. The second kappa shape index (κ2) is 8.39. The average Bonchev–Trinajstić information content (AvgIpc) is 3.18. The topological polar surface area (TPSA) is 52.6 Å². The lowest BCUT2D eigenvalue weighted by molar-refractivity contribution is 0.415. The van der Waals surface area contributed by atoms with E-state index >= 15 is 0 Å². The number of hydrogen-bond acceptors (Lipinski definition) is 4. The van der Waals surface area contributed by atoms with Gasteiger partial charge in [0.2, 0.25) is 0 Å². The van der Waals surface area contributed by atoms with Crippen molar-refractivity contribution in [2.45, 2.75) is 52.9 Å². The van der Waals surface area contributed by atoms with Gasteiger partial charge in [0.05, 0.1) is 13.4 Å². The molecular formula is C26H28O4. The van der Waals surface area contributed by atoms with E-state index in [9.17, 15) is 4.79 Å². The number of benzene rings is 2. The average molecular weight is 405 g/mol. The third-order valence-electron chi connectivity index (χ3n) is 6.02. The van der Waals surface area contributed by atoms with Gasteiger partial charge in [-0.1, -0.05) is 38.3 Å². The lowest BCUT2D eigenvalue weighted by atomic mass is 9.96. The van der Waals surface area contributed by atoms with Crippen molar-refractivity contribution in [3.8, 4) is 16.9 Å². The third-order valence-corrected chi connectivity index (χ3v) is 6.02. The maximum absolute atomic E-state index is 12.7. The highest BCUT2D eigenvalue weighted by atomic mass is 16.5. The predicted octanol–water partition coefficient (Wildman–Crippen LogP) is 6.95. The fourth-order valence-corrected chi connectivity index (χ4v) is 4.21. The van der Waals surface area contributed by atoms with Crippen LogP contribution < -0.4 is 10.4 Å². The van der Waals surface area contributed by atoms with Crippen molar-refractivity contribution in [3.05, 3.63) is 63.7 Å². The van der Waals surface area contributed by atoms with Crippen molar-refractivity contribution < 1.29 is 13.6 Å². The van der Waals surface area contributed by atoms with Crippen molar-refractivity contribution in [3.63, 3.8) is 0 Å². The van der Waals surface area contributed by atoms with Crippen molar-refractivity contribution in [1.29, 1.82) is 0 Å². The molecule has 2 heterocycles. The summed E-state index contributed by atoms with van der Waals surface area (Å²) in [7, 11) is 1.66. The molecule has 2 aromatic carbocycles. The molecule has 4 nitrogen and oxygen atoms in total. The maximum atomic E-state index is 12.7. The zero-order valence-corrected chi connectivity index (χ0v) is 18.1. The predicted molar refractivity (Wildman–Crippen MR) is 122 cm³/mol. The van der Waals surface area contributed by atoms with Gasteiger partial charge in [0.25, 0.3) is 0 Å². The van der Waals surface area contributed by atoms with Crippen LogP contribution in [0.3, 0.4) is 0 Å². The number of hydrogen-bond donors (Lipinski definition) is 0. The highest BCUT2D eigenvalue weighted by Crippen LogP contribution is 2.37. The summed E-state index contributed by atoms with van der Waals surface area (Å²) in [4.78, 5) is 12.7. The fraction of sp³-hybridized carbons (Fsp3) is 0.346. The van der Waals surface area contributed by atoms with Gasteiger partial charge >= 0.3 is 5.63 Å². The molecule has 4 heteroatoms. The Labute approximate surface area is 176 Å². The van der Waals surface area contributed by atoms with E-state index in [4.69, 9.17) is 13.6 Å². The molecule has 0 fully saturated rings. The molecule has 0 aliphatic heterocycles. The van der Waals surface area contributed by atoms with E-state index in [0.717, 1.165) is 69.2 Å². The normalized spacial score (nSPS) is 11.5. The zero-order chi connectivity index (χ0) is 21.3. The molecule has 30 heavy (non-hydrogen) atoms. The number of fused-ring (bicyclic) bond motifs is 2. The smallest absolute Gasteiger partial charge is 0.339 e. The van der Waals surface area contributed by atoms with Crippen molar-refractivity contribution >= 4 is 21.9 Å². The van der Waals surface area contributed by atoms with Gasteiger partial charge in [-0.05, 0) is 56.0 Å². The Morgan fingerprint density at radius 1 is 0.933 bits per heavy atom. The van der Waals surface area contributed by atoms with Crippen LogP contribution in [0.1, 0.15) is 49.3 Å². The van der Waals surface area contributed by atoms with E-state index in [2.05, 4.69) is 13.0 Å². The Kier molecular flexibility index (Phi) is 5.67. The minimum Gasteiger partial charge on any atom is -0.497 e. The van der Waals surface area contributed by atoms with Crippen molar-refractivity contribution in [2.24, 2.45) is 0 Å². The summed E-state index contributed by atoms with van der Waals surface area (Å²) in [6, 6.07) is 10.1. The Bertz CT molecular complexity index is 1240. The lowest BCUT2D eigenvalue weighted by Crippen LogP contribution is -2.10. The molecule has 4 rings (SSSR count). The highest BCUT2D eigenvalue weighted by molar-refractivity contribution is 6.04. The van der Waals surface area contributed by atoms with Gasteiger partial charge in [0, 0.05) is 27.5 Å². The lowest BCUT2D eigenvalue weighted by Gasteiger charge is -2.10. The number of methoxy groups -OCH3 is 1. The summed E-state index contributed by atoms with van der Waals surface area (Å²) in [6.07, 6.45) is 7.05. The van der Waals surface area contributed by atoms with Crippen LogP contribution in [0, 0.1) is 13.8 Å². The van der Waals surface area contributed by atoms with Crippen LogP contribution in [-0.2, 0) is 6.42 Å². The van der Waals surface area contributed by atoms with Gasteiger partial charge in [-0.3, -0.25) is 0 Å². The number of unbranched alkanes of at least 4 members (excludes halogenated alkanes) is 3. The molecule has 4 aromatic rings. The summed E-state index contributed by atoms with van der Waals surface area (Å²) in [6.45, 7) is 6.18. The Morgan fingerprint density at radius 3 is 2.40 bits per heavy atom. The standard InChI is InChI=1S/C26H28O4/c1-5-6-7-8-9-20-16(2)21-14-22-23(18-10-12-19(28-4)13-11-18)15-29-24(22)17(3)25(21)30-26(20)27/h10-15H,5-9H2,1-4H3. The fourth-order valence-electron chi connectivity index (χ4n) is 4.21. The molecule has 0 spiro atoms. The third kappa shape index (κ3) is 3.51. The first-order valence-corrected chi connectivity index (χ1v) is 10.7. The first-order valence-electron chi connectivity index (χ1n) is 10.7. The van der Waals surface area contributed by atoms with E-state index in [1.807, 2.05) is 38.1 Å². The molecule has 0 atom stereocenters. The van der Waals surface area contributed by atoms with Crippen molar-refractivity contribution in [1.82, 2.24) is 0 Å². The first-order chi connectivity index (χ1) is 14.5. The molecule has 0 aliphatic rings. The van der Waals surface area contributed by atoms with E-state index < -0.39 is 0 Å². The van der Waals surface area contributed by atoms with E-state index in [1.54, 1.807) is 13.4 Å². The van der Waals surface area contributed by atoms with Gasteiger partial charge < -0.3 is 13.6 Å². The summed E-state index contributed by atoms with van der Waals surface area (Å²) in [5, 5.41) is 2.01. The van der Waals surface area contributed by atoms with Crippen LogP contribution in [0.4, 0.5) is 0 Å². The quantitative estimate of drug-likeness (QED) is 0.247.